The van der Waals surface area contributed by atoms with Crippen LogP contribution in [0.25, 0.3) is 11.0 Å². The minimum atomic E-state index is -0.552. The maximum Gasteiger partial charge on any atom is 0.142 e. The van der Waals surface area contributed by atoms with Crippen LogP contribution in [0.4, 0.5) is 0 Å². The number of carbonyl (C=O) groups is 1. The van der Waals surface area contributed by atoms with Crippen molar-refractivity contribution in [3.63, 3.8) is 0 Å². The molecule has 2 rings (SSSR count). The van der Waals surface area contributed by atoms with Crippen molar-refractivity contribution in [2.45, 2.75) is 46.1 Å². The third-order valence-electron chi connectivity index (χ3n) is 3.55. The van der Waals surface area contributed by atoms with E-state index in [1.54, 1.807) is 6.92 Å². The van der Waals surface area contributed by atoms with Crippen molar-refractivity contribution in [3.05, 3.63) is 30.1 Å². The molecule has 0 saturated carbocycles. The van der Waals surface area contributed by atoms with Crippen LogP contribution >= 0.6 is 0 Å². The SMILES string of the molecule is CC(=O)C(C)(C)c1nc2ccccc2n1C(C)C. The van der Waals surface area contributed by atoms with E-state index in [1.807, 2.05) is 32.0 Å². The van der Waals surface area contributed by atoms with Crippen LogP contribution < -0.4 is 0 Å². The summed E-state index contributed by atoms with van der Waals surface area (Å²) in [5.41, 5.74) is 1.50. The first-order chi connectivity index (χ1) is 8.35. The molecule has 0 aliphatic rings. The number of fused-ring (bicyclic) bond motifs is 1. The fourth-order valence-electron chi connectivity index (χ4n) is 2.17. The first-order valence-corrected chi connectivity index (χ1v) is 6.34. The third kappa shape index (κ3) is 1.84. The molecule has 1 aromatic carbocycles. The Morgan fingerprint density at radius 1 is 1.28 bits per heavy atom. The first kappa shape index (κ1) is 12.8. The summed E-state index contributed by atoms with van der Waals surface area (Å²) in [6.45, 7) is 9.75. The molecule has 0 fully saturated rings. The number of rotatable bonds is 3. The minimum absolute atomic E-state index is 0.139. The molecule has 0 amide bonds. The summed E-state index contributed by atoms with van der Waals surface area (Å²) in [5.74, 6) is 0.992. The predicted octanol–water partition coefficient (Wildman–Crippen LogP) is 3.48. The lowest BCUT2D eigenvalue weighted by Crippen LogP contribution is -2.31. The van der Waals surface area contributed by atoms with Gasteiger partial charge in [0.1, 0.15) is 11.6 Å². The van der Waals surface area contributed by atoms with E-state index in [-0.39, 0.29) is 11.8 Å². The van der Waals surface area contributed by atoms with Crippen molar-refractivity contribution in [3.8, 4) is 0 Å². The molecule has 0 N–H and O–H groups in total. The number of benzene rings is 1. The van der Waals surface area contributed by atoms with E-state index in [0.29, 0.717) is 0 Å². The van der Waals surface area contributed by atoms with E-state index >= 15 is 0 Å². The van der Waals surface area contributed by atoms with Gasteiger partial charge in [-0.25, -0.2) is 4.98 Å². The Balaban J connectivity index is 2.78. The second-order valence-corrected chi connectivity index (χ2v) is 5.57. The fourth-order valence-corrected chi connectivity index (χ4v) is 2.17. The average Bonchev–Trinajstić information content (AvgIpc) is 2.68. The van der Waals surface area contributed by atoms with Gasteiger partial charge in [-0.05, 0) is 46.8 Å². The molecular formula is C15H20N2O. The first-order valence-electron chi connectivity index (χ1n) is 6.34. The number of hydrogen-bond donors (Lipinski definition) is 0. The zero-order chi connectivity index (χ0) is 13.5. The Morgan fingerprint density at radius 3 is 2.44 bits per heavy atom. The Labute approximate surface area is 108 Å². The largest absolute Gasteiger partial charge is 0.325 e. The van der Waals surface area contributed by atoms with Crippen molar-refractivity contribution in [2.75, 3.05) is 0 Å². The number of para-hydroxylation sites is 2. The van der Waals surface area contributed by atoms with Crippen molar-refractivity contribution >= 4 is 16.8 Å². The number of hydrogen-bond acceptors (Lipinski definition) is 2. The zero-order valence-electron chi connectivity index (χ0n) is 11.7. The second kappa shape index (κ2) is 4.23. The van der Waals surface area contributed by atoms with Crippen molar-refractivity contribution < 1.29 is 4.79 Å². The Morgan fingerprint density at radius 2 is 1.89 bits per heavy atom. The van der Waals surface area contributed by atoms with Gasteiger partial charge in [-0.15, -0.1) is 0 Å². The minimum Gasteiger partial charge on any atom is -0.325 e. The molecule has 1 heterocycles. The van der Waals surface area contributed by atoms with Crippen LogP contribution in [0.15, 0.2) is 24.3 Å². The van der Waals surface area contributed by atoms with E-state index < -0.39 is 5.41 Å². The van der Waals surface area contributed by atoms with Crippen LogP contribution in [-0.4, -0.2) is 15.3 Å². The van der Waals surface area contributed by atoms with Gasteiger partial charge in [0, 0.05) is 6.04 Å². The highest BCUT2D eigenvalue weighted by Gasteiger charge is 2.32. The summed E-state index contributed by atoms with van der Waals surface area (Å²) in [7, 11) is 0. The van der Waals surface area contributed by atoms with Gasteiger partial charge >= 0.3 is 0 Å². The second-order valence-electron chi connectivity index (χ2n) is 5.57. The van der Waals surface area contributed by atoms with Gasteiger partial charge < -0.3 is 4.57 Å². The average molecular weight is 244 g/mol. The molecule has 0 spiro atoms. The number of ketones is 1. The van der Waals surface area contributed by atoms with E-state index in [0.717, 1.165) is 16.9 Å². The smallest absolute Gasteiger partial charge is 0.142 e. The summed E-state index contributed by atoms with van der Waals surface area (Å²) in [5, 5.41) is 0. The van der Waals surface area contributed by atoms with E-state index in [2.05, 4.69) is 29.5 Å². The van der Waals surface area contributed by atoms with Crippen molar-refractivity contribution in [1.82, 2.24) is 9.55 Å². The molecule has 3 nitrogen and oxygen atoms in total. The Bertz CT molecular complexity index is 594. The lowest BCUT2D eigenvalue weighted by molar-refractivity contribution is -0.121. The molecule has 0 atom stereocenters. The van der Waals surface area contributed by atoms with Gasteiger partial charge in [0.15, 0.2) is 0 Å². The number of imidazole rings is 1. The number of aromatic nitrogens is 2. The highest BCUT2D eigenvalue weighted by Crippen LogP contribution is 2.30. The molecule has 96 valence electrons. The Kier molecular flexibility index (Phi) is 3.01. The highest BCUT2D eigenvalue weighted by atomic mass is 16.1. The van der Waals surface area contributed by atoms with Crippen molar-refractivity contribution in [2.24, 2.45) is 0 Å². The quantitative estimate of drug-likeness (QED) is 0.828. The molecule has 0 bridgehead atoms. The lowest BCUT2D eigenvalue weighted by atomic mass is 9.87. The molecular weight excluding hydrogens is 224 g/mol. The van der Waals surface area contributed by atoms with Gasteiger partial charge in [-0.2, -0.15) is 0 Å². The van der Waals surface area contributed by atoms with E-state index in [1.165, 1.54) is 0 Å². The molecule has 3 heteroatoms. The number of nitrogens with zero attached hydrogens (tertiary/aromatic N) is 2. The molecule has 1 aromatic heterocycles. The summed E-state index contributed by atoms with van der Waals surface area (Å²) >= 11 is 0. The van der Waals surface area contributed by atoms with Crippen LogP contribution in [-0.2, 0) is 10.2 Å². The highest BCUT2D eigenvalue weighted by molar-refractivity contribution is 5.88. The lowest BCUT2D eigenvalue weighted by Gasteiger charge is -2.24. The maximum absolute atomic E-state index is 11.9. The molecule has 18 heavy (non-hydrogen) atoms. The number of Topliss-reactive ketones (excluding diaryl/α,β-unsaturated/α-hetero) is 1. The molecule has 0 radical (unpaired) electrons. The predicted molar refractivity (Wildman–Crippen MR) is 73.8 cm³/mol. The molecule has 2 aromatic rings. The van der Waals surface area contributed by atoms with Gasteiger partial charge in [-0.3, -0.25) is 4.79 Å². The topological polar surface area (TPSA) is 34.9 Å². The summed E-state index contributed by atoms with van der Waals surface area (Å²) < 4.78 is 2.16. The summed E-state index contributed by atoms with van der Waals surface area (Å²) in [6, 6.07) is 8.32. The summed E-state index contributed by atoms with van der Waals surface area (Å²) in [4.78, 5) is 16.5. The van der Waals surface area contributed by atoms with Gasteiger partial charge in [0.25, 0.3) is 0 Å². The van der Waals surface area contributed by atoms with Gasteiger partial charge in [0.2, 0.25) is 0 Å². The van der Waals surface area contributed by atoms with Crippen LogP contribution in [0, 0.1) is 0 Å². The molecule has 0 unspecified atom stereocenters. The van der Waals surface area contributed by atoms with Crippen LogP contribution in [0.1, 0.15) is 46.5 Å². The van der Waals surface area contributed by atoms with E-state index in [4.69, 9.17) is 0 Å². The van der Waals surface area contributed by atoms with Crippen LogP contribution in [0.5, 0.6) is 0 Å². The number of carbonyl (C=O) groups excluding carboxylic acids is 1. The Hall–Kier alpha value is -1.64. The van der Waals surface area contributed by atoms with Crippen LogP contribution in [0.3, 0.4) is 0 Å². The molecule has 0 aliphatic heterocycles. The standard InChI is InChI=1S/C15H20N2O/c1-10(2)17-13-9-7-6-8-12(13)16-14(17)15(4,5)11(3)18/h6-10H,1-5H3. The van der Waals surface area contributed by atoms with Gasteiger partial charge in [0.05, 0.1) is 16.4 Å². The summed E-state index contributed by atoms with van der Waals surface area (Å²) in [6.07, 6.45) is 0. The van der Waals surface area contributed by atoms with Gasteiger partial charge in [-0.1, -0.05) is 12.1 Å². The van der Waals surface area contributed by atoms with E-state index in [9.17, 15) is 4.79 Å². The fraction of sp³-hybridized carbons (Fsp3) is 0.467. The molecule has 0 aliphatic carbocycles. The normalized spacial score (nSPS) is 12.3. The van der Waals surface area contributed by atoms with Crippen LogP contribution in [0.2, 0.25) is 0 Å². The monoisotopic (exact) mass is 244 g/mol. The molecule has 0 saturated heterocycles. The zero-order valence-corrected chi connectivity index (χ0v) is 11.7. The third-order valence-corrected chi connectivity index (χ3v) is 3.55. The maximum atomic E-state index is 11.9. The van der Waals surface area contributed by atoms with Crippen molar-refractivity contribution in [1.29, 1.82) is 0 Å².